The van der Waals surface area contributed by atoms with Crippen molar-refractivity contribution in [2.45, 2.75) is 0 Å². The average molecular weight is 334 g/mol. The topological polar surface area (TPSA) is 91.9 Å². The predicted molar refractivity (Wildman–Crippen MR) is 83.9 cm³/mol. The zero-order chi connectivity index (χ0) is 16.7. The van der Waals surface area contributed by atoms with Gasteiger partial charge < -0.3 is 4.74 Å². The van der Waals surface area contributed by atoms with Crippen molar-refractivity contribution in [3.8, 4) is 28.7 Å². The molecule has 3 rings (SSSR count). The molecule has 0 saturated heterocycles. The molecule has 0 saturated carbocycles. The van der Waals surface area contributed by atoms with Crippen LogP contribution >= 0.6 is 11.6 Å². The van der Waals surface area contributed by atoms with E-state index in [-0.39, 0.29) is 11.5 Å². The summed E-state index contributed by atoms with van der Waals surface area (Å²) in [6, 6.07) is 5.05. The van der Waals surface area contributed by atoms with Crippen LogP contribution in [0, 0.1) is 0 Å². The maximum atomic E-state index is 12.2. The molecule has 9 heteroatoms. The number of halogens is 1. The number of fused-ring (bicyclic) bond motifs is 1. The zero-order valence-electron chi connectivity index (χ0n) is 12.6. The van der Waals surface area contributed by atoms with Gasteiger partial charge in [0.15, 0.2) is 17.3 Å². The van der Waals surface area contributed by atoms with Crippen LogP contribution in [-0.4, -0.2) is 31.4 Å². The fourth-order valence-electron chi connectivity index (χ4n) is 2.13. The Kier molecular flexibility index (Phi) is 3.61. The summed E-state index contributed by atoms with van der Waals surface area (Å²) in [5.74, 6) is 0.942. The van der Waals surface area contributed by atoms with E-state index in [4.69, 9.17) is 16.3 Å². The molecule has 2 heterocycles. The van der Waals surface area contributed by atoms with Crippen LogP contribution in [-0.2, 0) is 14.1 Å². The molecule has 0 fully saturated rings. The summed E-state index contributed by atoms with van der Waals surface area (Å²) in [6.45, 7) is 0. The van der Waals surface area contributed by atoms with Gasteiger partial charge in [0.05, 0.1) is 12.1 Å². The summed E-state index contributed by atoms with van der Waals surface area (Å²) < 4.78 is 7.35. The van der Waals surface area contributed by atoms with Crippen LogP contribution in [0.25, 0.3) is 22.9 Å². The molecule has 0 N–H and O–H groups in total. The molecule has 0 bridgehead atoms. The highest BCUT2D eigenvalue weighted by molar-refractivity contribution is 6.32. The minimum Gasteiger partial charge on any atom is -0.495 e. The van der Waals surface area contributed by atoms with Crippen LogP contribution < -0.4 is 16.0 Å². The van der Waals surface area contributed by atoms with Gasteiger partial charge in [-0.1, -0.05) is 11.6 Å². The molecule has 0 aliphatic carbocycles. The maximum absolute atomic E-state index is 12.2. The normalized spacial score (nSPS) is 11.0. The predicted octanol–water partition coefficient (Wildman–Crippen LogP) is 0.703. The van der Waals surface area contributed by atoms with Crippen molar-refractivity contribution in [1.82, 2.24) is 24.3 Å². The van der Waals surface area contributed by atoms with Crippen molar-refractivity contribution in [2.24, 2.45) is 14.1 Å². The summed E-state index contributed by atoms with van der Waals surface area (Å²) >= 11 is 6.11. The third kappa shape index (κ3) is 2.46. The molecule has 2 aliphatic heterocycles. The molecule has 23 heavy (non-hydrogen) atoms. The minimum atomic E-state index is -0.651. The van der Waals surface area contributed by atoms with Crippen LogP contribution in [0.2, 0.25) is 5.02 Å². The molecule has 8 nitrogen and oxygen atoms in total. The molecule has 1 aromatic carbocycles. The summed E-state index contributed by atoms with van der Waals surface area (Å²) in [5, 5.41) is 4.64. The van der Waals surface area contributed by atoms with Gasteiger partial charge in [-0.25, -0.2) is 14.5 Å². The third-order valence-electron chi connectivity index (χ3n) is 3.39. The van der Waals surface area contributed by atoms with Gasteiger partial charge in [-0.3, -0.25) is 9.36 Å². The number of aryl methyl sites for hydroxylation is 1. The molecule has 0 amide bonds. The molecular weight excluding hydrogens is 322 g/mol. The first kappa shape index (κ1) is 15.2. The molecule has 0 unspecified atom stereocenters. The summed E-state index contributed by atoms with van der Waals surface area (Å²) in [6.07, 6.45) is 0. The van der Waals surface area contributed by atoms with Crippen molar-refractivity contribution in [3.63, 3.8) is 0 Å². The number of aromatic nitrogens is 5. The largest absolute Gasteiger partial charge is 0.495 e. The Morgan fingerprint density at radius 3 is 2.57 bits per heavy atom. The van der Waals surface area contributed by atoms with Crippen LogP contribution in [0.5, 0.6) is 5.75 Å². The molecule has 0 spiro atoms. The number of hydrogen-bond acceptors (Lipinski definition) is 6. The Bertz CT molecular complexity index is 995. The first-order chi connectivity index (χ1) is 10.9. The average Bonchev–Trinajstić information content (AvgIpc) is 2.53. The molecular formula is C14H12ClN5O3. The highest BCUT2D eigenvalue weighted by Gasteiger charge is 2.19. The molecule has 0 radical (unpaired) electrons. The van der Waals surface area contributed by atoms with E-state index in [1.807, 2.05) is 0 Å². The lowest BCUT2D eigenvalue weighted by atomic mass is 10.2. The minimum absolute atomic E-state index is 0.0616. The van der Waals surface area contributed by atoms with Gasteiger partial charge in [-0.2, -0.15) is 10.1 Å². The number of nitrogens with zero attached hydrogens (tertiary/aromatic N) is 5. The van der Waals surface area contributed by atoms with Crippen molar-refractivity contribution in [2.75, 3.05) is 7.11 Å². The monoisotopic (exact) mass is 333 g/mol. The number of methoxy groups -OCH3 is 1. The lowest BCUT2D eigenvalue weighted by Crippen LogP contribution is -2.36. The lowest BCUT2D eigenvalue weighted by molar-refractivity contribution is 0.415. The maximum Gasteiger partial charge on any atom is 0.352 e. The van der Waals surface area contributed by atoms with Crippen molar-refractivity contribution < 1.29 is 4.74 Å². The van der Waals surface area contributed by atoms with Crippen LogP contribution in [0.3, 0.4) is 0 Å². The highest BCUT2D eigenvalue weighted by Crippen LogP contribution is 2.29. The van der Waals surface area contributed by atoms with Crippen molar-refractivity contribution in [1.29, 1.82) is 0 Å². The Morgan fingerprint density at radius 2 is 1.91 bits per heavy atom. The second-order valence-corrected chi connectivity index (χ2v) is 5.25. The Hall–Kier alpha value is -2.74. The Labute approximate surface area is 135 Å². The molecule has 0 aromatic heterocycles. The van der Waals surface area contributed by atoms with Gasteiger partial charge in [0.1, 0.15) is 5.75 Å². The molecule has 118 valence electrons. The first-order valence-electron chi connectivity index (χ1n) is 6.58. The quantitative estimate of drug-likeness (QED) is 0.685. The number of benzene rings is 1. The van der Waals surface area contributed by atoms with Crippen LogP contribution in [0.15, 0.2) is 27.8 Å². The van der Waals surface area contributed by atoms with Gasteiger partial charge in [-0.05, 0) is 18.2 Å². The number of rotatable bonds is 2. The highest BCUT2D eigenvalue weighted by atomic mass is 35.5. The third-order valence-corrected chi connectivity index (χ3v) is 3.68. The zero-order valence-corrected chi connectivity index (χ0v) is 13.3. The molecule has 1 aromatic rings. The Balaban J connectivity index is 2.28. The van der Waals surface area contributed by atoms with E-state index >= 15 is 0 Å². The lowest BCUT2D eigenvalue weighted by Gasteiger charge is -2.11. The Morgan fingerprint density at radius 1 is 1.17 bits per heavy atom. The van der Waals surface area contributed by atoms with Crippen LogP contribution in [0.4, 0.5) is 0 Å². The second kappa shape index (κ2) is 5.47. The summed E-state index contributed by atoms with van der Waals surface area (Å²) in [4.78, 5) is 31.9. The van der Waals surface area contributed by atoms with E-state index in [1.165, 1.54) is 18.8 Å². The summed E-state index contributed by atoms with van der Waals surface area (Å²) in [5.41, 5.74) is -0.506. The van der Waals surface area contributed by atoms with Gasteiger partial charge in [0.25, 0.3) is 5.56 Å². The fraction of sp³-hybridized carbons (Fsp3) is 0.214. The van der Waals surface area contributed by atoms with Crippen molar-refractivity contribution in [3.05, 3.63) is 44.1 Å². The first-order valence-corrected chi connectivity index (χ1v) is 6.96. The van der Waals surface area contributed by atoms with Gasteiger partial charge >= 0.3 is 5.69 Å². The SMILES string of the molecule is COc1ccc(-c2nc3c(=O)n(C)c(=O)nc-3n(C)n2)cc1Cl. The smallest absolute Gasteiger partial charge is 0.352 e. The van der Waals surface area contributed by atoms with E-state index in [9.17, 15) is 9.59 Å². The summed E-state index contributed by atoms with van der Waals surface area (Å²) in [7, 11) is 4.46. The van der Waals surface area contributed by atoms with Gasteiger partial charge in [-0.15, -0.1) is 0 Å². The van der Waals surface area contributed by atoms with E-state index in [0.29, 0.717) is 22.2 Å². The van der Waals surface area contributed by atoms with E-state index < -0.39 is 11.2 Å². The van der Waals surface area contributed by atoms with Gasteiger partial charge in [0, 0.05) is 19.7 Å². The van der Waals surface area contributed by atoms with Crippen molar-refractivity contribution >= 4 is 11.6 Å². The second-order valence-electron chi connectivity index (χ2n) is 4.84. The number of ether oxygens (including phenoxy) is 1. The standard InChI is InChI=1S/C14H12ClN5O3/c1-19-13(21)10-12(17-14(19)22)20(2)18-11(16-10)7-4-5-9(23-3)8(15)6-7/h4-6H,1-3H3. The van der Waals surface area contributed by atoms with E-state index in [2.05, 4.69) is 15.1 Å². The van der Waals surface area contributed by atoms with Gasteiger partial charge in [0.2, 0.25) is 0 Å². The number of hydrogen-bond donors (Lipinski definition) is 0. The molecule has 0 atom stereocenters. The fourth-order valence-corrected chi connectivity index (χ4v) is 2.39. The van der Waals surface area contributed by atoms with Crippen LogP contribution in [0.1, 0.15) is 0 Å². The van der Waals surface area contributed by atoms with E-state index in [0.717, 1.165) is 4.57 Å². The molecule has 2 aliphatic rings. The van der Waals surface area contributed by atoms with E-state index in [1.54, 1.807) is 25.2 Å².